The Morgan fingerprint density at radius 2 is 1.71 bits per heavy atom. The second-order valence-corrected chi connectivity index (χ2v) is 3.16. The Morgan fingerprint density at radius 3 is 1.86 bits per heavy atom. The van der Waals surface area contributed by atoms with E-state index in [0.29, 0.717) is 6.29 Å². The van der Waals surface area contributed by atoms with Crippen molar-refractivity contribution in [2.24, 2.45) is 0 Å². The third kappa shape index (κ3) is 7.99. The number of rotatable bonds is 2. The second kappa shape index (κ2) is 10.5. The van der Waals surface area contributed by atoms with E-state index < -0.39 is 0 Å². The molecule has 0 bridgehead atoms. The first-order chi connectivity index (χ1) is 6.68. The van der Waals surface area contributed by atoms with Gasteiger partial charge in [-0.15, -0.1) is 0 Å². The molecule has 0 saturated heterocycles. The average molecular weight is 200 g/mol. The SMILES string of the molecule is C=CC=O.CC.CCC1(O)CCCC1. The fourth-order valence-electron chi connectivity index (χ4n) is 1.39. The van der Waals surface area contributed by atoms with Crippen molar-refractivity contribution in [2.45, 2.75) is 58.5 Å². The van der Waals surface area contributed by atoms with E-state index in [0.717, 1.165) is 19.3 Å². The minimum Gasteiger partial charge on any atom is -0.390 e. The van der Waals surface area contributed by atoms with E-state index in [1.807, 2.05) is 13.8 Å². The van der Waals surface area contributed by atoms with Crippen LogP contribution in [0.2, 0.25) is 0 Å². The van der Waals surface area contributed by atoms with Crippen molar-refractivity contribution in [3.8, 4) is 0 Å². The van der Waals surface area contributed by atoms with Gasteiger partial charge in [0, 0.05) is 0 Å². The standard InChI is InChI=1S/C7H14O.C3H4O.C2H6/c1-2-7(8)5-3-4-6-7;1-2-3-4;1-2/h8H,2-6H2,1H3;2-3H,1H2;1-2H3. The van der Waals surface area contributed by atoms with Crippen LogP contribution in [0.15, 0.2) is 12.7 Å². The lowest BCUT2D eigenvalue weighted by atomic mass is 10.00. The molecular formula is C12H24O2. The number of carbonyl (C=O) groups is 1. The Morgan fingerprint density at radius 1 is 1.36 bits per heavy atom. The first-order valence-corrected chi connectivity index (χ1v) is 5.47. The molecule has 1 N–H and O–H groups in total. The van der Waals surface area contributed by atoms with Crippen LogP contribution < -0.4 is 0 Å². The number of allylic oxidation sites excluding steroid dienone is 1. The van der Waals surface area contributed by atoms with E-state index in [-0.39, 0.29) is 5.60 Å². The van der Waals surface area contributed by atoms with Gasteiger partial charge < -0.3 is 5.11 Å². The van der Waals surface area contributed by atoms with Gasteiger partial charge in [-0.1, -0.05) is 40.2 Å². The predicted octanol–water partition coefficient (Wildman–Crippen LogP) is 3.10. The molecule has 0 unspecified atom stereocenters. The minimum absolute atomic E-state index is 0.264. The molecule has 2 nitrogen and oxygen atoms in total. The van der Waals surface area contributed by atoms with Gasteiger partial charge in [-0.3, -0.25) is 4.79 Å². The highest BCUT2D eigenvalue weighted by Gasteiger charge is 2.28. The maximum atomic E-state index is 9.50. The zero-order valence-electron chi connectivity index (χ0n) is 9.75. The van der Waals surface area contributed by atoms with Gasteiger partial charge in [-0.25, -0.2) is 0 Å². The summed E-state index contributed by atoms with van der Waals surface area (Å²) in [6.45, 7) is 9.17. The van der Waals surface area contributed by atoms with Gasteiger partial charge in [0.1, 0.15) is 6.29 Å². The zero-order chi connectivity index (χ0) is 11.4. The molecule has 0 aromatic rings. The maximum absolute atomic E-state index is 9.50. The smallest absolute Gasteiger partial charge is 0.142 e. The van der Waals surface area contributed by atoms with Crippen molar-refractivity contribution in [1.82, 2.24) is 0 Å². The van der Waals surface area contributed by atoms with Crippen LogP contribution in [-0.2, 0) is 4.79 Å². The monoisotopic (exact) mass is 200 g/mol. The van der Waals surface area contributed by atoms with Crippen LogP contribution in [0.25, 0.3) is 0 Å². The molecule has 0 aliphatic heterocycles. The molecular weight excluding hydrogens is 176 g/mol. The Bertz CT molecular complexity index is 129. The average Bonchev–Trinajstić information content (AvgIpc) is 2.69. The largest absolute Gasteiger partial charge is 0.390 e. The van der Waals surface area contributed by atoms with Crippen molar-refractivity contribution in [3.63, 3.8) is 0 Å². The highest BCUT2D eigenvalue weighted by atomic mass is 16.3. The van der Waals surface area contributed by atoms with Gasteiger partial charge in [-0.2, -0.15) is 0 Å². The topological polar surface area (TPSA) is 37.3 Å². The summed E-state index contributed by atoms with van der Waals surface area (Å²) >= 11 is 0. The third-order valence-electron chi connectivity index (χ3n) is 2.29. The second-order valence-electron chi connectivity index (χ2n) is 3.16. The van der Waals surface area contributed by atoms with E-state index in [1.165, 1.54) is 18.9 Å². The molecule has 0 heterocycles. The summed E-state index contributed by atoms with van der Waals surface area (Å²) in [4.78, 5) is 9.06. The Balaban J connectivity index is 0. The van der Waals surface area contributed by atoms with E-state index in [2.05, 4.69) is 13.5 Å². The zero-order valence-corrected chi connectivity index (χ0v) is 9.75. The molecule has 0 atom stereocenters. The fraction of sp³-hybridized carbons (Fsp3) is 0.750. The first kappa shape index (κ1) is 15.8. The normalized spacial score (nSPS) is 16.9. The molecule has 0 aromatic heterocycles. The molecule has 0 aromatic carbocycles. The van der Waals surface area contributed by atoms with Crippen molar-refractivity contribution in [2.75, 3.05) is 0 Å². The summed E-state index contributed by atoms with van der Waals surface area (Å²) < 4.78 is 0. The Kier molecular flexibility index (Phi) is 11.8. The highest BCUT2D eigenvalue weighted by molar-refractivity contribution is 5.63. The van der Waals surface area contributed by atoms with Gasteiger partial charge in [0.25, 0.3) is 0 Å². The molecule has 0 spiro atoms. The molecule has 0 radical (unpaired) electrons. The lowest BCUT2D eigenvalue weighted by Crippen LogP contribution is -2.21. The molecule has 14 heavy (non-hydrogen) atoms. The molecule has 1 rings (SSSR count). The highest BCUT2D eigenvalue weighted by Crippen LogP contribution is 2.31. The van der Waals surface area contributed by atoms with Crippen molar-refractivity contribution in [1.29, 1.82) is 0 Å². The lowest BCUT2D eigenvalue weighted by molar-refractivity contribution is -0.104. The molecule has 2 heteroatoms. The quantitative estimate of drug-likeness (QED) is 0.549. The van der Waals surface area contributed by atoms with Gasteiger partial charge in [0.15, 0.2) is 0 Å². The van der Waals surface area contributed by atoms with Gasteiger partial charge in [0.05, 0.1) is 5.60 Å². The molecule has 0 amide bonds. The van der Waals surface area contributed by atoms with Crippen LogP contribution in [0.4, 0.5) is 0 Å². The lowest BCUT2D eigenvalue weighted by Gasteiger charge is -2.18. The van der Waals surface area contributed by atoms with Crippen LogP contribution in [-0.4, -0.2) is 17.0 Å². The fourth-order valence-corrected chi connectivity index (χ4v) is 1.39. The molecule has 1 aliphatic rings. The van der Waals surface area contributed by atoms with Crippen LogP contribution >= 0.6 is 0 Å². The Labute approximate surface area is 88.0 Å². The van der Waals surface area contributed by atoms with Crippen LogP contribution in [0.5, 0.6) is 0 Å². The van der Waals surface area contributed by atoms with Crippen LogP contribution in [0, 0.1) is 0 Å². The van der Waals surface area contributed by atoms with Gasteiger partial charge >= 0.3 is 0 Å². The van der Waals surface area contributed by atoms with E-state index in [4.69, 9.17) is 4.79 Å². The third-order valence-corrected chi connectivity index (χ3v) is 2.29. The molecule has 1 saturated carbocycles. The van der Waals surface area contributed by atoms with Crippen molar-refractivity contribution < 1.29 is 9.90 Å². The summed E-state index contributed by atoms with van der Waals surface area (Å²) in [5, 5.41) is 9.50. The van der Waals surface area contributed by atoms with Crippen LogP contribution in [0.3, 0.4) is 0 Å². The van der Waals surface area contributed by atoms with Crippen LogP contribution in [0.1, 0.15) is 52.9 Å². The number of aliphatic hydroxyl groups is 1. The summed E-state index contributed by atoms with van der Waals surface area (Å²) in [6.07, 6.45) is 7.29. The molecule has 1 fully saturated rings. The van der Waals surface area contributed by atoms with E-state index >= 15 is 0 Å². The Hall–Kier alpha value is -0.630. The van der Waals surface area contributed by atoms with E-state index in [1.54, 1.807) is 0 Å². The summed E-state index contributed by atoms with van der Waals surface area (Å²) in [7, 11) is 0. The first-order valence-electron chi connectivity index (χ1n) is 5.47. The van der Waals surface area contributed by atoms with Crippen molar-refractivity contribution >= 4 is 6.29 Å². The van der Waals surface area contributed by atoms with Gasteiger partial charge in [-0.05, 0) is 25.3 Å². The van der Waals surface area contributed by atoms with E-state index in [9.17, 15) is 5.11 Å². The molecule has 84 valence electrons. The number of carbonyl (C=O) groups excluding carboxylic acids is 1. The van der Waals surface area contributed by atoms with Crippen molar-refractivity contribution in [3.05, 3.63) is 12.7 Å². The summed E-state index contributed by atoms with van der Waals surface area (Å²) in [5.74, 6) is 0. The number of aldehydes is 1. The minimum atomic E-state index is -0.264. The van der Waals surface area contributed by atoms with Gasteiger partial charge in [0.2, 0.25) is 0 Å². The maximum Gasteiger partial charge on any atom is 0.142 e. The number of hydrogen-bond donors (Lipinski definition) is 1. The number of hydrogen-bond acceptors (Lipinski definition) is 2. The summed E-state index contributed by atoms with van der Waals surface area (Å²) in [6, 6.07) is 0. The molecule has 1 aliphatic carbocycles. The predicted molar refractivity (Wildman–Crippen MR) is 61.3 cm³/mol. The summed E-state index contributed by atoms with van der Waals surface area (Å²) in [5.41, 5.74) is -0.264.